The Bertz CT molecular complexity index is 1360. The molecule has 0 saturated carbocycles. The minimum atomic E-state index is -3.09. The van der Waals surface area contributed by atoms with Gasteiger partial charge in [0.1, 0.15) is 28.3 Å². The molecule has 0 spiro atoms. The van der Waals surface area contributed by atoms with Gasteiger partial charge in [0, 0.05) is 0 Å². The predicted octanol–water partition coefficient (Wildman–Crippen LogP) is 5.51. The van der Waals surface area contributed by atoms with Gasteiger partial charge in [-0.2, -0.15) is 0 Å². The van der Waals surface area contributed by atoms with Gasteiger partial charge in [-0.25, -0.2) is 0 Å². The van der Waals surface area contributed by atoms with Gasteiger partial charge in [-0.1, -0.05) is 48.5 Å². The third-order valence-electron chi connectivity index (χ3n) is 5.68. The number of para-hydroxylation sites is 1. The van der Waals surface area contributed by atoms with Gasteiger partial charge in [0.05, 0.1) is 10.6 Å². The van der Waals surface area contributed by atoms with Gasteiger partial charge >= 0.3 is 0 Å². The van der Waals surface area contributed by atoms with Crippen LogP contribution in [0, 0.1) is 6.92 Å². The van der Waals surface area contributed by atoms with E-state index in [1.54, 1.807) is 0 Å². The molecule has 1 unspecified atom stereocenters. The fourth-order valence-electron chi connectivity index (χ4n) is 4.31. The van der Waals surface area contributed by atoms with Crippen molar-refractivity contribution < 1.29 is 14.0 Å². The Labute approximate surface area is 168 Å². The topological polar surface area (TPSA) is 35.5 Å². The summed E-state index contributed by atoms with van der Waals surface area (Å²) in [5.41, 5.74) is 3.38. The van der Waals surface area contributed by atoms with E-state index in [9.17, 15) is 4.57 Å². The van der Waals surface area contributed by atoms with Crippen LogP contribution < -0.4 is 25.4 Å². The molecule has 0 bridgehead atoms. The van der Waals surface area contributed by atoms with Crippen molar-refractivity contribution in [2.45, 2.75) is 6.92 Å². The van der Waals surface area contributed by atoms with Gasteiger partial charge in [0.25, 0.3) is 0 Å². The first-order chi connectivity index (χ1) is 14.2. The van der Waals surface area contributed by atoms with Crippen molar-refractivity contribution in [3.05, 3.63) is 90.5 Å². The molecule has 2 aliphatic heterocycles. The fraction of sp³-hybridized carbons (Fsp3) is 0.0400. The zero-order chi connectivity index (χ0) is 19.6. The van der Waals surface area contributed by atoms with Crippen LogP contribution in [0.15, 0.2) is 84.9 Å². The van der Waals surface area contributed by atoms with Crippen LogP contribution in [0.2, 0.25) is 0 Å². The van der Waals surface area contributed by atoms with E-state index in [-0.39, 0.29) is 0 Å². The summed E-state index contributed by atoms with van der Waals surface area (Å²) in [6.07, 6.45) is 0. The number of benzene rings is 4. The van der Waals surface area contributed by atoms with Gasteiger partial charge in [-0.05, 0) is 60.0 Å². The second-order valence-electron chi connectivity index (χ2n) is 7.38. The Morgan fingerprint density at radius 3 is 2.14 bits per heavy atom. The minimum Gasteiger partial charge on any atom is -0.456 e. The Kier molecular flexibility index (Phi) is 3.36. The first-order valence-electron chi connectivity index (χ1n) is 9.56. The molecule has 2 aliphatic rings. The highest BCUT2D eigenvalue weighted by Crippen LogP contribution is 2.58. The number of aryl methyl sites for hydroxylation is 1. The first kappa shape index (κ1) is 16.6. The summed E-state index contributed by atoms with van der Waals surface area (Å²) >= 11 is 0. The Balaban J connectivity index is 1.64. The monoisotopic (exact) mass is 396 g/mol. The molecule has 0 N–H and O–H groups in total. The van der Waals surface area contributed by atoms with E-state index < -0.39 is 7.14 Å². The molecule has 4 aromatic rings. The molecule has 29 heavy (non-hydrogen) atoms. The summed E-state index contributed by atoms with van der Waals surface area (Å²) in [6, 6.07) is 27.4. The molecule has 0 fully saturated rings. The summed E-state index contributed by atoms with van der Waals surface area (Å²) in [5, 5.41) is 2.12. The van der Waals surface area contributed by atoms with E-state index in [2.05, 4.69) is 19.1 Å². The zero-order valence-corrected chi connectivity index (χ0v) is 16.6. The number of hydrogen-bond acceptors (Lipinski definition) is 3. The second kappa shape index (κ2) is 5.85. The standard InChI is InChI=1S/C25H17O3P/c1-16-7-2-3-8-18(16)17-13-14-24-22(15-17)28-21-11-6-10-20-25(21)29(24,26)23-12-5-4-9-19(23)27-20/h2-15H,1H3. The number of ether oxygens (including phenoxy) is 2. The Morgan fingerprint density at radius 2 is 1.31 bits per heavy atom. The van der Waals surface area contributed by atoms with Gasteiger partial charge < -0.3 is 14.0 Å². The maximum Gasteiger partial charge on any atom is 0.185 e. The largest absolute Gasteiger partial charge is 0.456 e. The number of fused-ring (bicyclic) bond motifs is 4. The molecule has 0 aromatic heterocycles. The van der Waals surface area contributed by atoms with Crippen LogP contribution in [0.4, 0.5) is 0 Å². The Morgan fingerprint density at radius 1 is 0.655 bits per heavy atom. The smallest absolute Gasteiger partial charge is 0.185 e. The third kappa shape index (κ3) is 2.22. The lowest BCUT2D eigenvalue weighted by Gasteiger charge is -2.34. The normalized spacial score (nSPS) is 18.0. The van der Waals surface area contributed by atoms with Crippen molar-refractivity contribution >= 4 is 23.1 Å². The van der Waals surface area contributed by atoms with Crippen molar-refractivity contribution in [1.82, 2.24) is 0 Å². The van der Waals surface area contributed by atoms with Crippen LogP contribution in [0.1, 0.15) is 5.56 Å². The molecule has 4 aromatic carbocycles. The zero-order valence-electron chi connectivity index (χ0n) is 15.8. The molecule has 3 nitrogen and oxygen atoms in total. The number of hydrogen-bond donors (Lipinski definition) is 0. The first-order valence-corrected chi connectivity index (χ1v) is 11.3. The SMILES string of the molecule is Cc1ccccc1-c1ccc2c(c1)Oc1cccc3c1P2(=O)c1ccccc1O3. The van der Waals surface area contributed by atoms with Crippen LogP contribution in [0.3, 0.4) is 0 Å². The van der Waals surface area contributed by atoms with E-state index >= 15 is 0 Å². The van der Waals surface area contributed by atoms with Gasteiger partial charge in [-0.15, -0.1) is 0 Å². The van der Waals surface area contributed by atoms with E-state index in [0.717, 1.165) is 21.7 Å². The lowest BCUT2D eigenvalue weighted by Crippen LogP contribution is -2.34. The average molecular weight is 396 g/mol. The van der Waals surface area contributed by atoms with Gasteiger partial charge in [0.2, 0.25) is 0 Å². The maximum absolute atomic E-state index is 14.7. The van der Waals surface area contributed by atoms with Gasteiger partial charge in [0.15, 0.2) is 7.14 Å². The van der Waals surface area contributed by atoms with E-state index in [1.165, 1.54) is 5.56 Å². The van der Waals surface area contributed by atoms with Crippen LogP contribution in [-0.4, -0.2) is 0 Å². The lowest BCUT2D eigenvalue weighted by molar-refractivity contribution is 0.462. The molecule has 6 rings (SSSR count). The molecular formula is C25H17O3P. The minimum absolute atomic E-state index is 0.606. The molecule has 0 saturated heterocycles. The summed E-state index contributed by atoms with van der Waals surface area (Å²) in [5.74, 6) is 2.51. The highest BCUT2D eigenvalue weighted by atomic mass is 31.2. The molecule has 2 heterocycles. The molecule has 0 aliphatic carbocycles. The summed E-state index contributed by atoms with van der Waals surface area (Å²) in [6.45, 7) is 2.09. The molecule has 140 valence electrons. The molecule has 0 amide bonds. The predicted molar refractivity (Wildman–Crippen MR) is 116 cm³/mol. The van der Waals surface area contributed by atoms with E-state index in [1.807, 2.05) is 72.8 Å². The molecule has 4 heteroatoms. The van der Waals surface area contributed by atoms with E-state index in [4.69, 9.17) is 9.47 Å². The third-order valence-corrected chi connectivity index (χ3v) is 8.84. The summed E-state index contributed by atoms with van der Waals surface area (Å²) in [4.78, 5) is 0. The average Bonchev–Trinajstić information content (AvgIpc) is 2.74. The van der Waals surface area contributed by atoms with Crippen molar-refractivity contribution in [1.29, 1.82) is 0 Å². The number of rotatable bonds is 1. The van der Waals surface area contributed by atoms with E-state index in [0.29, 0.717) is 28.3 Å². The summed E-state index contributed by atoms with van der Waals surface area (Å²) < 4.78 is 27.0. The van der Waals surface area contributed by atoms with Crippen LogP contribution in [-0.2, 0) is 4.57 Å². The van der Waals surface area contributed by atoms with Crippen molar-refractivity contribution in [3.8, 4) is 34.1 Å². The molecule has 0 radical (unpaired) electrons. The maximum atomic E-state index is 14.7. The van der Waals surface area contributed by atoms with Crippen LogP contribution >= 0.6 is 7.14 Å². The van der Waals surface area contributed by atoms with Crippen molar-refractivity contribution in [3.63, 3.8) is 0 Å². The fourth-order valence-corrected chi connectivity index (χ4v) is 7.34. The highest BCUT2D eigenvalue weighted by molar-refractivity contribution is 7.86. The highest BCUT2D eigenvalue weighted by Gasteiger charge is 2.46. The van der Waals surface area contributed by atoms with Crippen LogP contribution in [0.5, 0.6) is 23.0 Å². The summed E-state index contributed by atoms with van der Waals surface area (Å²) in [7, 11) is -3.09. The van der Waals surface area contributed by atoms with Crippen molar-refractivity contribution in [2.24, 2.45) is 0 Å². The quantitative estimate of drug-likeness (QED) is 0.344. The molecular weight excluding hydrogens is 379 g/mol. The van der Waals surface area contributed by atoms with Gasteiger partial charge in [-0.3, -0.25) is 0 Å². The Hall–Kier alpha value is -3.29. The lowest BCUT2D eigenvalue weighted by atomic mass is 10.0. The van der Waals surface area contributed by atoms with Crippen LogP contribution in [0.25, 0.3) is 11.1 Å². The van der Waals surface area contributed by atoms with Crippen molar-refractivity contribution in [2.75, 3.05) is 0 Å². The molecule has 1 atom stereocenters. The second-order valence-corrected chi connectivity index (χ2v) is 10.0.